The van der Waals surface area contributed by atoms with E-state index >= 15 is 0 Å². The summed E-state index contributed by atoms with van der Waals surface area (Å²) < 4.78 is 0. The zero-order valence-corrected chi connectivity index (χ0v) is 18.1. The fraction of sp³-hybridized carbons (Fsp3) is 0.200. The molecule has 0 unspecified atom stereocenters. The molecular formula is C25H25N5O3. The third-order valence-electron chi connectivity index (χ3n) is 5.52. The van der Waals surface area contributed by atoms with Crippen molar-refractivity contribution in [2.75, 3.05) is 36.4 Å². The number of pyridine rings is 1. The molecule has 2 aromatic carbocycles. The van der Waals surface area contributed by atoms with Crippen LogP contribution >= 0.6 is 0 Å². The van der Waals surface area contributed by atoms with Crippen LogP contribution in [0.25, 0.3) is 6.08 Å². The van der Waals surface area contributed by atoms with Crippen molar-refractivity contribution in [3.63, 3.8) is 0 Å². The molecule has 1 aromatic heterocycles. The van der Waals surface area contributed by atoms with E-state index in [4.69, 9.17) is 0 Å². The van der Waals surface area contributed by atoms with Gasteiger partial charge in [-0.25, -0.2) is 4.98 Å². The molecule has 1 aliphatic rings. The molecule has 4 rings (SSSR count). The molecule has 1 aliphatic heterocycles. The van der Waals surface area contributed by atoms with Gasteiger partial charge in [-0.05, 0) is 23.8 Å². The highest BCUT2D eigenvalue weighted by Crippen LogP contribution is 2.21. The van der Waals surface area contributed by atoms with E-state index in [2.05, 4.69) is 20.1 Å². The van der Waals surface area contributed by atoms with Crippen molar-refractivity contribution in [2.24, 2.45) is 0 Å². The number of nitrogens with one attached hydrogen (secondary N) is 1. The highest BCUT2D eigenvalue weighted by atomic mass is 16.6. The van der Waals surface area contributed by atoms with Crippen LogP contribution in [0.3, 0.4) is 0 Å². The van der Waals surface area contributed by atoms with Crippen molar-refractivity contribution in [2.45, 2.75) is 6.54 Å². The number of carbonyl (C=O) groups excluding carboxylic acids is 1. The highest BCUT2D eigenvalue weighted by molar-refractivity contribution is 6.01. The molecule has 0 saturated carbocycles. The largest absolute Gasteiger partial charge is 0.354 e. The summed E-state index contributed by atoms with van der Waals surface area (Å²) in [6, 6.07) is 20.3. The first-order chi connectivity index (χ1) is 16.1. The summed E-state index contributed by atoms with van der Waals surface area (Å²) in [7, 11) is 0. The third kappa shape index (κ3) is 6.02. The number of anilines is 2. The van der Waals surface area contributed by atoms with Crippen molar-refractivity contribution in [1.29, 1.82) is 0 Å². The second-order valence-corrected chi connectivity index (χ2v) is 7.79. The van der Waals surface area contributed by atoms with Crippen LogP contribution in [0.4, 0.5) is 17.2 Å². The topological polar surface area (TPSA) is 91.6 Å². The van der Waals surface area contributed by atoms with E-state index in [0.717, 1.165) is 43.1 Å². The fourth-order valence-corrected chi connectivity index (χ4v) is 3.77. The van der Waals surface area contributed by atoms with Gasteiger partial charge in [-0.3, -0.25) is 19.8 Å². The van der Waals surface area contributed by atoms with Crippen LogP contribution < -0.4 is 10.2 Å². The van der Waals surface area contributed by atoms with E-state index in [1.54, 1.807) is 24.4 Å². The Morgan fingerprint density at radius 2 is 1.73 bits per heavy atom. The van der Waals surface area contributed by atoms with Gasteiger partial charge < -0.3 is 10.2 Å². The van der Waals surface area contributed by atoms with Crippen molar-refractivity contribution >= 4 is 29.2 Å². The van der Waals surface area contributed by atoms with Crippen LogP contribution in [-0.2, 0) is 11.3 Å². The molecule has 0 atom stereocenters. The van der Waals surface area contributed by atoms with Crippen LogP contribution in [0.5, 0.6) is 0 Å². The minimum Gasteiger partial charge on any atom is -0.354 e. The standard InChI is InChI=1S/C25H25N5O3/c31-25(13-10-20-6-2-1-3-7-20)27-22-11-12-24(26-18-22)29-16-14-28(15-17-29)19-21-8-4-5-9-23(21)30(32)33/h1-13,18H,14-17,19H2,(H,27,31)/b13-10+. The zero-order valence-electron chi connectivity index (χ0n) is 18.1. The summed E-state index contributed by atoms with van der Waals surface area (Å²) in [5.74, 6) is 0.634. The Hall–Kier alpha value is -4.04. The molecule has 33 heavy (non-hydrogen) atoms. The van der Waals surface area contributed by atoms with E-state index in [9.17, 15) is 14.9 Å². The maximum atomic E-state index is 12.1. The molecule has 2 heterocycles. The number of carbonyl (C=O) groups is 1. The lowest BCUT2D eigenvalue weighted by Gasteiger charge is -2.35. The molecule has 8 nitrogen and oxygen atoms in total. The number of rotatable bonds is 7. The van der Waals surface area contributed by atoms with Gasteiger partial charge in [-0.1, -0.05) is 48.5 Å². The van der Waals surface area contributed by atoms with Gasteiger partial charge in [0.25, 0.3) is 5.69 Å². The SMILES string of the molecule is O=C(/C=C/c1ccccc1)Nc1ccc(N2CCN(Cc3ccccc3[N+](=O)[O-])CC2)nc1. The van der Waals surface area contributed by atoms with Gasteiger partial charge in [0.1, 0.15) is 5.82 Å². The molecule has 0 aliphatic carbocycles. The highest BCUT2D eigenvalue weighted by Gasteiger charge is 2.21. The smallest absolute Gasteiger partial charge is 0.273 e. The van der Waals surface area contributed by atoms with Crippen molar-refractivity contribution in [3.05, 3.63) is 100 Å². The molecule has 3 aromatic rings. The van der Waals surface area contributed by atoms with Crippen molar-refractivity contribution < 1.29 is 9.72 Å². The van der Waals surface area contributed by atoms with Crippen LogP contribution in [0.2, 0.25) is 0 Å². The average Bonchev–Trinajstić information content (AvgIpc) is 2.85. The van der Waals surface area contributed by atoms with Gasteiger partial charge in [0.2, 0.25) is 5.91 Å². The monoisotopic (exact) mass is 443 g/mol. The maximum Gasteiger partial charge on any atom is 0.273 e. The summed E-state index contributed by atoms with van der Waals surface area (Å²) in [4.78, 5) is 31.9. The summed E-state index contributed by atoms with van der Waals surface area (Å²) in [5.41, 5.74) is 2.49. The molecule has 0 radical (unpaired) electrons. The average molecular weight is 444 g/mol. The minimum atomic E-state index is -0.326. The number of hydrogen-bond acceptors (Lipinski definition) is 6. The molecule has 168 valence electrons. The van der Waals surface area contributed by atoms with Gasteiger partial charge in [0.15, 0.2) is 0 Å². The number of aromatic nitrogens is 1. The van der Waals surface area contributed by atoms with Crippen molar-refractivity contribution in [1.82, 2.24) is 9.88 Å². The van der Waals surface area contributed by atoms with Gasteiger partial charge in [0, 0.05) is 50.4 Å². The van der Waals surface area contributed by atoms with E-state index in [1.807, 2.05) is 54.6 Å². The summed E-state index contributed by atoms with van der Waals surface area (Å²) in [6.07, 6.45) is 4.92. The molecule has 0 spiro atoms. The Kier molecular flexibility index (Phi) is 7.06. The van der Waals surface area contributed by atoms with Crippen molar-refractivity contribution in [3.8, 4) is 0 Å². The van der Waals surface area contributed by atoms with Crippen LogP contribution in [-0.4, -0.2) is 46.9 Å². The summed E-state index contributed by atoms with van der Waals surface area (Å²) in [5, 5.41) is 14.1. The number of piperazine rings is 1. The lowest BCUT2D eigenvalue weighted by molar-refractivity contribution is -0.385. The summed E-state index contributed by atoms with van der Waals surface area (Å²) in [6.45, 7) is 3.69. The predicted octanol–water partition coefficient (Wildman–Crippen LogP) is 3.96. The minimum absolute atomic E-state index is 0.165. The van der Waals surface area contributed by atoms with Crippen LogP contribution in [0.1, 0.15) is 11.1 Å². The first-order valence-corrected chi connectivity index (χ1v) is 10.8. The van der Waals surface area contributed by atoms with E-state index in [-0.39, 0.29) is 16.5 Å². The lowest BCUT2D eigenvalue weighted by Crippen LogP contribution is -2.46. The molecule has 1 saturated heterocycles. The molecule has 8 heteroatoms. The number of nitrogens with zero attached hydrogens (tertiary/aromatic N) is 4. The Morgan fingerprint density at radius 1 is 1.00 bits per heavy atom. The lowest BCUT2D eigenvalue weighted by atomic mass is 10.1. The number of benzene rings is 2. The van der Waals surface area contributed by atoms with Gasteiger partial charge in [-0.15, -0.1) is 0 Å². The zero-order chi connectivity index (χ0) is 23.0. The second kappa shape index (κ2) is 10.5. The fourth-order valence-electron chi connectivity index (χ4n) is 3.77. The normalized spacial score (nSPS) is 14.4. The third-order valence-corrected chi connectivity index (χ3v) is 5.52. The molecule has 0 bridgehead atoms. The predicted molar refractivity (Wildman–Crippen MR) is 129 cm³/mol. The Morgan fingerprint density at radius 3 is 2.42 bits per heavy atom. The van der Waals surface area contributed by atoms with Crippen LogP contribution in [0.15, 0.2) is 79.0 Å². The molecular weight excluding hydrogens is 418 g/mol. The molecule has 1 fully saturated rings. The molecule has 1 N–H and O–H groups in total. The van der Waals surface area contributed by atoms with Gasteiger partial charge in [-0.2, -0.15) is 0 Å². The van der Waals surface area contributed by atoms with E-state index in [1.165, 1.54) is 6.08 Å². The number of para-hydroxylation sites is 1. The quantitative estimate of drug-likeness (QED) is 0.338. The second-order valence-electron chi connectivity index (χ2n) is 7.79. The number of nitro benzene ring substituents is 1. The van der Waals surface area contributed by atoms with Gasteiger partial charge >= 0.3 is 0 Å². The Balaban J connectivity index is 1.28. The first-order valence-electron chi connectivity index (χ1n) is 10.8. The maximum absolute atomic E-state index is 12.1. The number of hydrogen-bond donors (Lipinski definition) is 1. The number of nitro groups is 1. The number of amides is 1. The summed E-state index contributed by atoms with van der Waals surface area (Å²) >= 11 is 0. The Bertz CT molecular complexity index is 1120. The van der Waals surface area contributed by atoms with E-state index in [0.29, 0.717) is 12.2 Å². The van der Waals surface area contributed by atoms with E-state index < -0.39 is 0 Å². The first kappa shape index (κ1) is 22.2. The van der Waals surface area contributed by atoms with Gasteiger partial charge in [0.05, 0.1) is 16.8 Å². The Labute approximate surface area is 192 Å². The molecule has 1 amide bonds. The van der Waals surface area contributed by atoms with Crippen LogP contribution in [0, 0.1) is 10.1 Å².